The van der Waals surface area contributed by atoms with E-state index >= 15 is 0 Å². The molecule has 13 heteroatoms. The van der Waals surface area contributed by atoms with Crippen molar-refractivity contribution in [3.8, 4) is 23.0 Å². The molecule has 38 heavy (non-hydrogen) atoms. The largest absolute Gasteiger partial charge is 0.504 e. The smallest absolute Gasteiger partial charge is 0.337 e. The van der Waals surface area contributed by atoms with Gasteiger partial charge in [0.15, 0.2) is 29.2 Å². The van der Waals surface area contributed by atoms with Crippen molar-refractivity contribution in [2.24, 2.45) is 5.10 Å². The van der Waals surface area contributed by atoms with E-state index < -0.39 is 24.3 Å². The number of hydrazone groups is 1. The van der Waals surface area contributed by atoms with Crippen LogP contribution in [0.2, 0.25) is 0 Å². The van der Waals surface area contributed by atoms with Crippen molar-refractivity contribution in [1.29, 1.82) is 0 Å². The fraction of sp³-hybridized carbons (Fsp3) is 0.320. The molecule has 5 N–H and O–H groups in total. The number of methoxy groups -OCH3 is 2. The van der Waals surface area contributed by atoms with Crippen molar-refractivity contribution >= 4 is 34.1 Å². The van der Waals surface area contributed by atoms with Crippen molar-refractivity contribution in [3.63, 3.8) is 0 Å². The molecule has 0 aliphatic carbocycles. The van der Waals surface area contributed by atoms with Crippen LogP contribution in [-0.2, 0) is 9.53 Å². The molecule has 1 heterocycles. The van der Waals surface area contributed by atoms with E-state index in [1.54, 1.807) is 44.2 Å². The number of aliphatic hydroxyl groups excluding tert-OH is 1. The monoisotopic (exact) mass is 592 g/mol. The van der Waals surface area contributed by atoms with E-state index in [9.17, 15) is 19.8 Å². The maximum Gasteiger partial charge on any atom is 0.337 e. The van der Waals surface area contributed by atoms with Crippen molar-refractivity contribution in [1.82, 2.24) is 16.1 Å². The van der Waals surface area contributed by atoms with Gasteiger partial charge in [-0.3, -0.25) is 5.43 Å². The van der Waals surface area contributed by atoms with Gasteiger partial charge in [0, 0.05) is 15.7 Å². The van der Waals surface area contributed by atoms with Crippen molar-refractivity contribution in [2.45, 2.75) is 26.1 Å². The summed E-state index contributed by atoms with van der Waals surface area (Å²) in [6.45, 7) is 3.54. The number of allylic oxidation sites excluding steroid dienone is 1. The van der Waals surface area contributed by atoms with Crippen molar-refractivity contribution in [2.75, 3.05) is 27.4 Å². The third-order valence-electron chi connectivity index (χ3n) is 5.39. The third kappa shape index (κ3) is 6.86. The van der Waals surface area contributed by atoms with Gasteiger partial charge in [-0.25, -0.2) is 9.59 Å². The predicted molar refractivity (Wildman–Crippen MR) is 141 cm³/mol. The summed E-state index contributed by atoms with van der Waals surface area (Å²) < 4.78 is 22.1. The summed E-state index contributed by atoms with van der Waals surface area (Å²) in [5, 5.41) is 29.7. The number of carbonyl (C=O) groups is 2. The van der Waals surface area contributed by atoms with Crippen LogP contribution in [0, 0.1) is 0 Å². The Hall–Kier alpha value is -3.97. The van der Waals surface area contributed by atoms with Gasteiger partial charge in [-0.05, 0) is 43.7 Å². The molecule has 1 aliphatic rings. The van der Waals surface area contributed by atoms with Crippen LogP contribution in [0.3, 0.4) is 0 Å². The Kier molecular flexibility index (Phi) is 9.79. The lowest BCUT2D eigenvalue weighted by molar-refractivity contribution is -0.136. The minimum atomic E-state index is -1.20. The number of aliphatic hydroxyl groups is 1. The zero-order valence-electron chi connectivity index (χ0n) is 21.2. The Balaban J connectivity index is 1.72. The number of nitrogens with one attached hydrogen (secondary N) is 3. The molecule has 0 aromatic heterocycles. The molecule has 12 nitrogen and oxygen atoms in total. The van der Waals surface area contributed by atoms with Crippen LogP contribution in [0.4, 0.5) is 4.79 Å². The number of halogens is 1. The lowest BCUT2D eigenvalue weighted by atomic mass is 9.95. The van der Waals surface area contributed by atoms with Crippen LogP contribution in [0.25, 0.3) is 0 Å². The van der Waals surface area contributed by atoms with Gasteiger partial charge in [-0.15, -0.1) is 0 Å². The van der Waals surface area contributed by atoms with Gasteiger partial charge in [-0.1, -0.05) is 22.0 Å². The number of benzene rings is 2. The number of hydrogen-bond acceptors (Lipinski definition) is 10. The molecule has 0 saturated heterocycles. The van der Waals surface area contributed by atoms with Crippen LogP contribution >= 0.6 is 15.9 Å². The van der Waals surface area contributed by atoms with Gasteiger partial charge in [0.25, 0.3) is 0 Å². The molecule has 2 aromatic carbocycles. The number of esters is 1. The SMILES string of the molecule is CCOc1cc([C@H]2NC(=O)NC(C)=C2C(=O)OC)ccc1OC[C@@H](O)N/N=C\c1cc(Br)cc(OC)c1O. The number of aromatic hydroxyl groups is 1. The van der Waals surface area contributed by atoms with Crippen LogP contribution in [0.1, 0.15) is 31.0 Å². The van der Waals surface area contributed by atoms with Gasteiger partial charge < -0.3 is 39.8 Å². The summed E-state index contributed by atoms with van der Waals surface area (Å²) in [6.07, 6.45) is 0.130. The Morgan fingerprint density at radius 3 is 2.66 bits per heavy atom. The second-order valence-corrected chi connectivity index (χ2v) is 8.88. The molecule has 0 fully saturated rings. The maximum absolute atomic E-state index is 12.4. The molecule has 3 rings (SSSR count). The number of nitrogens with zero attached hydrogens (tertiary/aromatic N) is 1. The molecule has 0 saturated carbocycles. The summed E-state index contributed by atoms with van der Waals surface area (Å²) in [5.74, 6) is 0.267. The average Bonchev–Trinajstić information content (AvgIpc) is 2.88. The molecule has 2 amide bonds. The molecule has 2 atom stereocenters. The van der Waals surface area contributed by atoms with E-state index in [2.05, 4.69) is 37.1 Å². The Bertz CT molecular complexity index is 1250. The standard InChI is InChI=1S/C25H29BrN4O8/c1-5-37-18-9-14(22-21(24(33)36-4)13(2)28-25(34)29-22)6-7-17(18)38-12-20(31)30-27-11-15-8-16(26)10-19(35-3)23(15)32/h6-11,20,22,30-32H,5,12H2,1-4H3,(H2,28,29,34)/b27-11-/t20-,22-/m1/s1. The van der Waals surface area contributed by atoms with Crippen LogP contribution in [0.15, 0.2) is 51.2 Å². The maximum atomic E-state index is 12.4. The summed E-state index contributed by atoms with van der Waals surface area (Å²) in [7, 11) is 2.70. The number of carbonyl (C=O) groups excluding carboxylic acids is 2. The molecule has 204 valence electrons. The third-order valence-corrected chi connectivity index (χ3v) is 5.85. The predicted octanol–water partition coefficient (Wildman–Crippen LogP) is 2.68. The molecule has 2 aromatic rings. The first-order valence-corrected chi connectivity index (χ1v) is 12.3. The molecule has 0 radical (unpaired) electrons. The number of urea groups is 1. The number of hydrogen-bond donors (Lipinski definition) is 5. The second kappa shape index (κ2) is 13.0. The Morgan fingerprint density at radius 1 is 1.21 bits per heavy atom. The highest BCUT2D eigenvalue weighted by molar-refractivity contribution is 9.10. The zero-order chi connectivity index (χ0) is 27.8. The van der Waals surface area contributed by atoms with Crippen molar-refractivity contribution < 1.29 is 38.7 Å². The van der Waals surface area contributed by atoms with Gasteiger partial charge >= 0.3 is 12.0 Å². The first kappa shape index (κ1) is 28.6. The van der Waals surface area contributed by atoms with Gasteiger partial charge in [0.05, 0.1) is 38.7 Å². The van der Waals surface area contributed by atoms with E-state index in [0.717, 1.165) is 0 Å². The zero-order valence-corrected chi connectivity index (χ0v) is 22.8. The van der Waals surface area contributed by atoms with E-state index in [1.165, 1.54) is 20.4 Å². The van der Waals surface area contributed by atoms with Gasteiger partial charge in [0.1, 0.15) is 6.61 Å². The first-order valence-electron chi connectivity index (χ1n) is 11.5. The first-order chi connectivity index (χ1) is 18.2. The van der Waals surface area contributed by atoms with E-state index in [4.69, 9.17) is 18.9 Å². The quantitative estimate of drug-likeness (QED) is 0.114. The minimum absolute atomic E-state index is 0.0984. The van der Waals surface area contributed by atoms with Crippen molar-refractivity contribution in [3.05, 3.63) is 57.2 Å². The lowest BCUT2D eigenvalue weighted by Gasteiger charge is -2.28. The Labute approximate surface area is 227 Å². The lowest BCUT2D eigenvalue weighted by Crippen LogP contribution is -2.45. The molecule has 0 unspecified atom stereocenters. The van der Waals surface area contributed by atoms with Gasteiger partial charge in [-0.2, -0.15) is 5.10 Å². The van der Waals surface area contributed by atoms with E-state index in [-0.39, 0.29) is 23.7 Å². The highest BCUT2D eigenvalue weighted by Gasteiger charge is 2.32. The normalized spacial score (nSPS) is 15.9. The number of amides is 2. The van der Waals surface area contributed by atoms with Gasteiger partial charge in [0.2, 0.25) is 0 Å². The summed E-state index contributed by atoms with van der Waals surface area (Å²) in [4.78, 5) is 24.5. The molecule has 0 spiro atoms. The highest BCUT2D eigenvalue weighted by Crippen LogP contribution is 2.35. The highest BCUT2D eigenvalue weighted by atomic mass is 79.9. The average molecular weight is 593 g/mol. The fourth-order valence-corrected chi connectivity index (χ4v) is 4.12. The summed E-state index contributed by atoms with van der Waals surface area (Å²) >= 11 is 3.33. The number of phenolic OH excluding ortho intramolecular Hbond substituents is 1. The van der Waals surface area contributed by atoms with E-state index in [0.29, 0.717) is 39.4 Å². The summed E-state index contributed by atoms with van der Waals surface area (Å²) in [6, 6.07) is 6.95. The number of ether oxygens (including phenoxy) is 4. The van der Waals surface area contributed by atoms with Crippen LogP contribution in [0.5, 0.6) is 23.0 Å². The summed E-state index contributed by atoms with van der Waals surface area (Å²) in [5.41, 5.74) is 4.10. The molecule has 1 aliphatic heterocycles. The minimum Gasteiger partial charge on any atom is -0.504 e. The fourth-order valence-electron chi connectivity index (χ4n) is 3.66. The second-order valence-electron chi connectivity index (χ2n) is 7.96. The molecule has 0 bridgehead atoms. The van der Waals surface area contributed by atoms with Crippen LogP contribution in [-0.4, -0.2) is 62.1 Å². The number of phenols is 1. The molecular weight excluding hydrogens is 564 g/mol. The molecular formula is C25H29BrN4O8. The Morgan fingerprint density at radius 2 is 1.97 bits per heavy atom. The van der Waals surface area contributed by atoms with Crippen LogP contribution < -0.4 is 30.3 Å². The van der Waals surface area contributed by atoms with E-state index in [1.807, 2.05) is 0 Å². The number of rotatable bonds is 11. The topological polar surface area (TPSA) is 160 Å².